The second-order valence-corrected chi connectivity index (χ2v) is 10.8. The van der Waals surface area contributed by atoms with Crippen molar-refractivity contribution in [3.63, 3.8) is 0 Å². The van der Waals surface area contributed by atoms with Crippen LogP contribution >= 0.6 is 22.9 Å². The average molecular weight is 480 g/mol. The zero-order valence-corrected chi connectivity index (χ0v) is 18.5. The molecule has 4 aromatic rings. The summed E-state index contributed by atoms with van der Waals surface area (Å²) in [4.78, 5) is 0. The number of hydrogen-bond donors (Lipinski definition) is 0. The number of benzene rings is 1. The topological polar surface area (TPSA) is 94.1 Å². The number of hydrogen-bond acceptors (Lipinski definition) is 7. The van der Waals surface area contributed by atoms with Gasteiger partial charge in [-0.1, -0.05) is 11.6 Å². The van der Waals surface area contributed by atoms with Gasteiger partial charge in [0.15, 0.2) is 5.69 Å². The summed E-state index contributed by atoms with van der Waals surface area (Å²) < 4.78 is 48.8. The van der Waals surface area contributed by atoms with E-state index >= 15 is 0 Å². The van der Waals surface area contributed by atoms with Gasteiger partial charge in [-0.25, -0.2) is 12.8 Å². The molecule has 0 N–H and O–H groups in total. The Hall–Kier alpha value is -2.60. The van der Waals surface area contributed by atoms with E-state index in [2.05, 4.69) is 15.3 Å². The Balaban J connectivity index is 1.50. The third kappa shape index (κ3) is 3.57. The fourth-order valence-electron chi connectivity index (χ4n) is 3.54. The third-order valence-corrected chi connectivity index (χ3v) is 8.61. The Morgan fingerprint density at radius 1 is 1.13 bits per heavy atom. The molecule has 0 bridgehead atoms. The quantitative estimate of drug-likeness (QED) is 0.442. The maximum absolute atomic E-state index is 13.2. The summed E-state index contributed by atoms with van der Waals surface area (Å²) in [6.07, 6.45) is 0.496. The summed E-state index contributed by atoms with van der Waals surface area (Å²) in [5.74, 6) is 0.0353. The van der Waals surface area contributed by atoms with E-state index in [9.17, 15) is 12.8 Å². The molecular formula is C19H15ClFN5O3S2. The average Bonchev–Trinajstić information content (AvgIpc) is 3.48. The summed E-state index contributed by atoms with van der Waals surface area (Å²) in [5, 5.41) is 12.6. The zero-order chi connectivity index (χ0) is 21.8. The minimum absolute atomic E-state index is 0.130. The van der Waals surface area contributed by atoms with E-state index < -0.39 is 10.0 Å². The predicted octanol–water partition coefficient (Wildman–Crippen LogP) is 3.74. The molecule has 0 saturated carbocycles. The monoisotopic (exact) mass is 479 g/mol. The molecule has 1 aromatic carbocycles. The van der Waals surface area contributed by atoms with Crippen molar-refractivity contribution in [1.82, 2.24) is 24.3 Å². The molecular weight excluding hydrogens is 465 g/mol. The Morgan fingerprint density at radius 2 is 1.87 bits per heavy atom. The minimum Gasteiger partial charge on any atom is -0.415 e. The van der Waals surface area contributed by atoms with E-state index in [1.807, 2.05) is 0 Å². The third-order valence-electron chi connectivity index (χ3n) is 5.07. The summed E-state index contributed by atoms with van der Waals surface area (Å²) in [6, 6.07) is 8.78. The summed E-state index contributed by atoms with van der Waals surface area (Å²) in [5.41, 5.74) is 2.63. The Kier molecular flexibility index (Phi) is 4.93. The van der Waals surface area contributed by atoms with E-state index in [1.165, 1.54) is 22.5 Å². The molecule has 0 saturated heterocycles. The molecule has 3 aromatic heterocycles. The number of aryl methyl sites for hydroxylation is 1. The summed E-state index contributed by atoms with van der Waals surface area (Å²) >= 11 is 6.96. The van der Waals surface area contributed by atoms with Gasteiger partial charge in [0.05, 0.1) is 4.34 Å². The standard InChI is InChI=1S/C19H15ClFN5O3S2/c1-25-14-8-9-26(31(27,28)16-7-6-15(20)30-16)10-13(14)17(24-25)19-23-22-18(29-19)11-2-4-12(21)5-3-11/h2-7H,8-10H2,1H3. The van der Waals surface area contributed by atoms with Gasteiger partial charge in [0.2, 0.25) is 5.89 Å². The highest BCUT2D eigenvalue weighted by atomic mass is 35.5. The molecule has 160 valence electrons. The van der Waals surface area contributed by atoms with Gasteiger partial charge >= 0.3 is 0 Å². The first kappa shape index (κ1) is 20.3. The maximum atomic E-state index is 13.2. The first-order valence-corrected chi connectivity index (χ1v) is 11.9. The van der Waals surface area contributed by atoms with Crippen molar-refractivity contribution in [2.75, 3.05) is 6.54 Å². The lowest BCUT2D eigenvalue weighted by Gasteiger charge is -2.26. The molecule has 0 fully saturated rings. The van der Waals surface area contributed by atoms with Crippen LogP contribution in [0.4, 0.5) is 4.39 Å². The van der Waals surface area contributed by atoms with Crippen LogP contribution in [0.1, 0.15) is 11.3 Å². The number of rotatable bonds is 4. The van der Waals surface area contributed by atoms with Gasteiger partial charge in [0.25, 0.3) is 15.9 Å². The highest BCUT2D eigenvalue weighted by molar-refractivity contribution is 7.91. The Labute approximate surface area is 185 Å². The van der Waals surface area contributed by atoms with Gasteiger partial charge in [-0.15, -0.1) is 21.5 Å². The largest absolute Gasteiger partial charge is 0.415 e. The fraction of sp³-hybridized carbons (Fsp3) is 0.211. The van der Waals surface area contributed by atoms with Crippen LogP contribution in [-0.4, -0.2) is 39.2 Å². The lowest BCUT2D eigenvalue weighted by molar-refractivity contribution is 0.387. The number of nitrogens with zero attached hydrogens (tertiary/aromatic N) is 5. The van der Waals surface area contributed by atoms with Crippen LogP contribution in [0.2, 0.25) is 4.34 Å². The second kappa shape index (κ2) is 7.52. The Bertz CT molecular complexity index is 1380. The molecule has 0 aliphatic carbocycles. The van der Waals surface area contributed by atoms with Crippen LogP contribution in [0.15, 0.2) is 45.0 Å². The normalized spacial score (nSPS) is 14.7. The second-order valence-electron chi connectivity index (χ2n) is 6.96. The van der Waals surface area contributed by atoms with Crippen molar-refractivity contribution in [3.05, 3.63) is 57.8 Å². The first-order valence-electron chi connectivity index (χ1n) is 9.23. The van der Waals surface area contributed by atoms with Gasteiger partial charge in [-0.2, -0.15) is 9.40 Å². The highest BCUT2D eigenvalue weighted by Crippen LogP contribution is 2.34. The zero-order valence-electron chi connectivity index (χ0n) is 16.1. The molecule has 1 aliphatic heterocycles. The number of sulfonamides is 1. The number of thiophene rings is 1. The molecule has 0 amide bonds. The van der Waals surface area contributed by atoms with Crippen LogP contribution in [-0.2, 0) is 30.0 Å². The van der Waals surface area contributed by atoms with Crippen molar-refractivity contribution >= 4 is 33.0 Å². The van der Waals surface area contributed by atoms with Gasteiger partial charge in [0, 0.05) is 43.4 Å². The number of halogens is 2. The van der Waals surface area contributed by atoms with Crippen molar-refractivity contribution in [2.24, 2.45) is 7.05 Å². The number of aromatic nitrogens is 4. The predicted molar refractivity (Wildman–Crippen MR) is 113 cm³/mol. The van der Waals surface area contributed by atoms with Crippen molar-refractivity contribution in [1.29, 1.82) is 0 Å². The molecule has 0 spiro atoms. The SMILES string of the molecule is Cn1nc(-c2nnc(-c3ccc(F)cc3)o2)c2c1CCN(S(=O)(=O)c1ccc(Cl)s1)C2. The lowest BCUT2D eigenvalue weighted by Crippen LogP contribution is -2.36. The molecule has 5 rings (SSSR count). The molecule has 31 heavy (non-hydrogen) atoms. The van der Waals surface area contributed by atoms with Gasteiger partial charge < -0.3 is 4.42 Å². The van der Waals surface area contributed by atoms with Crippen LogP contribution in [0.25, 0.3) is 23.0 Å². The molecule has 8 nitrogen and oxygen atoms in total. The molecule has 0 atom stereocenters. The van der Waals surface area contributed by atoms with Crippen molar-refractivity contribution < 1.29 is 17.2 Å². The summed E-state index contributed by atoms with van der Waals surface area (Å²) in [7, 11) is -1.89. The smallest absolute Gasteiger partial charge is 0.268 e. The molecule has 0 unspecified atom stereocenters. The first-order chi connectivity index (χ1) is 14.8. The van der Waals surface area contributed by atoms with Crippen LogP contribution in [0, 0.1) is 5.82 Å². The molecule has 0 radical (unpaired) electrons. The minimum atomic E-state index is -3.69. The van der Waals surface area contributed by atoms with E-state index in [-0.39, 0.29) is 28.4 Å². The number of fused-ring (bicyclic) bond motifs is 1. The maximum Gasteiger partial charge on any atom is 0.268 e. The van der Waals surface area contributed by atoms with Crippen LogP contribution < -0.4 is 0 Å². The summed E-state index contributed by atoms with van der Waals surface area (Å²) in [6.45, 7) is 0.457. The van der Waals surface area contributed by atoms with Crippen LogP contribution in [0.5, 0.6) is 0 Å². The molecule has 1 aliphatic rings. The van der Waals surface area contributed by atoms with Crippen LogP contribution in [0.3, 0.4) is 0 Å². The van der Waals surface area contributed by atoms with E-state index in [0.717, 1.165) is 17.0 Å². The highest BCUT2D eigenvalue weighted by Gasteiger charge is 2.34. The fourth-order valence-corrected chi connectivity index (χ4v) is 6.58. The van der Waals surface area contributed by atoms with E-state index in [4.69, 9.17) is 16.0 Å². The van der Waals surface area contributed by atoms with E-state index in [0.29, 0.717) is 34.1 Å². The van der Waals surface area contributed by atoms with Gasteiger partial charge in [0.1, 0.15) is 10.0 Å². The van der Waals surface area contributed by atoms with Crippen molar-refractivity contribution in [2.45, 2.75) is 17.2 Å². The van der Waals surface area contributed by atoms with Gasteiger partial charge in [-0.3, -0.25) is 4.68 Å². The van der Waals surface area contributed by atoms with Gasteiger partial charge in [-0.05, 0) is 36.4 Å². The molecule has 4 heterocycles. The lowest BCUT2D eigenvalue weighted by atomic mass is 10.1. The van der Waals surface area contributed by atoms with Crippen molar-refractivity contribution in [3.8, 4) is 23.0 Å². The Morgan fingerprint density at radius 3 is 2.58 bits per heavy atom. The molecule has 12 heteroatoms. The van der Waals surface area contributed by atoms with E-state index in [1.54, 1.807) is 29.9 Å².